The molecule has 3 heterocycles. The summed E-state index contributed by atoms with van der Waals surface area (Å²) in [5.74, 6) is -0.895. The van der Waals surface area contributed by atoms with Gasteiger partial charge in [0.05, 0.1) is 81.7 Å². The number of aliphatic hydroxyl groups is 6. The Bertz CT molecular complexity index is 1930. The number of aliphatic hydroxyl groups excluding tert-OH is 6. The van der Waals surface area contributed by atoms with Gasteiger partial charge in [-0.15, -0.1) is 0 Å². The Morgan fingerprint density at radius 2 is 0.909 bits per heavy atom. The van der Waals surface area contributed by atoms with Crippen molar-refractivity contribution in [1.29, 1.82) is 0 Å². The molecule has 0 saturated carbocycles. The standard InChI is InChI=1S/C20H39B3N6O6.C17H30B3O19P3/c1-15(30)12-27(18(33)9-21)7-4-25-17(32)14-29(20(35)11-23)8-5-26-16(31)13-28(6-3-24-2)19(34)10-22;1-30-3-6-12(9(21)15(18)34-6)38-41(26,27)33-5-8-14(11(23)17(20)36-8)39-42(28,29)32-4-7-13(10(22)16(19)35-7)37-40(24,25)31-2/h18-20,24,33-35H,3-14H2,1-2H3,(H,25,32)(H,26,31);6-17,21-23H,3-5H2,1-2H3,(H,24,25)(H,26,27)(H,28,29)/p-3. The third kappa shape index (κ3) is 25.0. The van der Waals surface area contributed by atoms with E-state index in [9.17, 15) is 73.4 Å². The molecule has 0 aromatic rings. The summed E-state index contributed by atoms with van der Waals surface area (Å²) < 4.78 is 84.8. The fourth-order valence-electron chi connectivity index (χ4n) is 7.29. The molecular formula is C37H66B6N6O25P3-3. The molecule has 3 aliphatic heterocycles. The summed E-state index contributed by atoms with van der Waals surface area (Å²) in [5, 5.41) is 68.7. The SMILES string of the molecule is [B]C1OC(COP(=O)([O-])OC2C(COP(=O)([O-])OC3C(COC)OC([B])C3O)OC([B])C2O)C(OP(=O)([O-])OC)C1O.[B]CC(O)N(CCNC(=O)CN(CCNC(=O)CN(CCNC)C(O)C[B])C(O)C[B])CC(C)=O. The number of ketones is 1. The largest absolute Gasteiger partial charge is 0.756 e. The number of hydrogen-bond acceptors (Lipinski definition) is 29. The molecular weight excluding hydrogens is 1090 g/mol. The van der Waals surface area contributed by atoms with E-state index in [1.165, 1.54) is 28.7 Å². The molecule has 18 unspecified atom stereocenters. The highest BCUT2D eigenvalue weighted by atomic mass is 31.2. The average Bonchev–Trinajstić information content (AvgIpc) is 3.90. The summed E-state index contributed by atoms with van der Waals surface area (Å²) in [5.41, 5.74) is 0. The van der Waals surface area contributed by atoms with Gasteiger partial charge in [0.1, 0.15) is 84.3 Å². The minimum absolute atomic E-state index is 0.000636. The van der Waals surface area contributed by atoms with Gasteiger partial charge in [0.2, 0.25) is 11.8 Å². The summed E-state index contributed by atoms with van der Waals surface area (Å²) in [6.45, 7) is 0.606. The zero-order valence-electron chi connectivity index (χ0n) is 42.9. The average molecular weight is 1150 g/mol. The Labute approximate surface area is 454 Å². The lowest BCUT2D eigenvalue weighted by atomic mass is 9.93. The number of ether oxygens (including phenoxy) is 4. The molecule has 0 spiro atoms. The highest BCUT2D eigenvalue weighted by molar-refractivity contribution is 7.46. The molecule has 3 saturated heterocycles. The maximum atomic E-state index is 12.5. The van der Waals surface area contributed by atoms with Gasteiger partial charge in [-0.2, -0.15) is 0 Å². The van der Waals surface area contributed by atoms with Crippen molar-refractivity contribution < 1.29 is 119 Å². The highest BCUT2D eigenvalue weighted by Crippen LogP contribution is 2.48. The Balaban J connectivity index is 0.000000537. The van der Waals surface area contributed by atoms with E-state index in [0.717, 1.165) is 7.11 Å². The van der Waals surface area contributed by atoms with Crippen LogP contribution in [0, 0.1) is 0 Å². The summed E-state index contributed by atoms with van der Waals surface area (Å²) in [6.07, 6.45) is -17.8. The van der Waals surface area contributed by atoms with Gasteiger partial charge in [0.15, 0.2) is 0 Å². The van der Waals surface area contributed by atoms with Crippen LogP contribution in [0.25, 0.3) is 0 Å². The minimum atomic E-state index is -5.43. The highest BCUT2D eigenvalue weighted by Gasteiger charge is 2.48. The Morgan fingerprint density at radius 1 is 0.584 bits per heavy atom. The van der Waals surface area contributed by atoms with Crippen molar-refractivity contribution in [2.45, 2.75) is 118 Å². The van der Waals surface area contributed by atoms with Crippen LogP contribution >= 0.6 is 23.5 Å². The Hall–Kier alpha value is -1.23. The fraction of sp³-hybridized carbons (Fsp3) is 0.919. The fourth-order valence-corrected chi connectivity index (χ4v) is 9.83. The van der Waals surface area contributed by atoms with Crippen LogP contribution < -0.4 is 30.6 Å². The lowest BCUT2D eigenvalue weighted by molar-refractivity contribution is -0.240. The van der Waals surface area contributed by atoms with Gasteiger partial charge < -0.3 is 107 Å². The first-order valence-corrected chi connectivity index (χ1v) is 28.0. The molecule has 31 nitrogen and oxygen atoms in total. The molecule has 0 aliphatic carbocycles. The normalized spacial score (nSPS) is 30.0. The van der Waals surface area contributed by atoms with E-state index >= 15 is 0 Å². The van der Waals surface area contributed by atoms with Crippen molar-refractivity contribution in [3.05, 3.63) is 0 Å². The van der Waals surface area contributed by atoms with Crippen molar-refractivity contribution >= 4 is 88.1 Å². The van der Waals surface area contributed by atoms with E-state index in [4.69, 9.17) is 84.1 Å². The lowest BCUT2D eigenvalue weighted by Gasteiger charge is -2.33. The minimum Gasteiger partial charge on any atom is -0.756 e. The molecule has 3 fully saturated rings. The topological polar surface area (TPSA) is 431 Å². The number of hydrogen-bond donors (Lipinski definition) is 9. The van der Waals surface area contributed by atoms with Crippen molar-refractivity contribution in [3.8, 4) is 0 Å². The van der Waals surface area contributed by atoms with Gasteiger partial charge in [-0.05, 0) is 32.9 Å². The van der Waals surface area contributed by atoms with Crippen LogP contribution in [0.3, 0.4) is 0 Å². The monoisotopic (exact) mass is 1150 g/mol. The predicted molar refractivity (Wildman–Crippen MR) is 265 cm³/mol. The molecule has 40 heteroatoms. The van der Waals surface area contributed by atoms with E-state index in [1.54, 1.807) is 7.05 Å². The predicted octanol–water partition coefficient (Wildman–Crippen LogP) is -9.72. The van der Waals surface area contributed by atoms with Crippen molar-refractivity contribution in [3.63, 3.8) is 0 Å². The van der Waals surface area contributed by atoms with E-state index in [-0.39, 0.29) is 83.1 Å². The number of carbonyl (C=O) groups excluding carboxylic acids is 3. The number of amides is 2. The summed E-state index contributed by atoms with van der Waals surface area (Å²) >= 11 is 0. The quantitative estimate of drug-likeness (QED) is 0.0160. The van der Waals surface area contributed by atoms with Crippen LogP contribution in [0.2, 0.25) is 19.0 Å². The molecule has 2 amide bonds. The molecule has 0 aromatic carbocycles. The number of nitrogens with zero attached hydrogens (tertiary/aromatic N) is 3. The second-order valence-electron chi connectivity index (χ2n) is 17.2. The van der Waals surface area contributed by atoms with Crippen LogP contribution in [-0.4, -0.2) is 302 Å². The molecule has 3 aliphatic rings. The maximum absolute atomic E-state index is 12.5. The van der Waals surface area contributed by atoms with Crippen molar-refractivity contribution in [2.75, 3.05) is 100.0 Å². The van der Waals surface area contributed by atoms with Gasteiger partial charge in [0, 0.05) is 71.5 Å². The van der Waals surface area contributed by atoms with E-state index in [0.29, 0.717) is 13.1 Å². The Morgan fingerprint density at radius 3 is 1.22 bits per heavy atom. The van der Waals surface area contributed by atoms with E-state index in [2.05, 4.69) is 25.0 Å². The molecule has 12 radical (unpaired) electrons. The number of Topliss-reactive ketones (excluding diaryl/α,β-unsaturated/α-hetero) is 1. The molecule has 18 atom stereocenters. The van der Waals surface area contributed by atoms with Gasteiger partial charge in [-0.3, -0.25) is 42.8 Å². The molecule has 77 heavy (non-hydrogen) atoms. The number of phosphoric ester groups is 3. The first-order valence-electron chi connectivity index (χ1n) is 23.6. The van der Waals surface area contributed by atoms with Gasteiger partial charge in [-0.1, -0.05) is 0 Å². The van der Waals surface area contributed by atoms with E-state index in [1.807, 2.05) is 0 Å². The summed E-state index contributed by atoms with van der Waals surface area (Å²) in [4.78, 5) is 77.0. The number of carbonyl (C=O) groups is 3. The third-order valence-corrected chi connectivity index (χ3v) is 14.2. The maximum Gasteiger partial charge on any atom is 0.268 e. The van der Waals surface area contributed by atoms with Crippen LogP contribution in [0.4, 0.5) is 0 Å². The first kappa shape index (κ1) is 71.9. The number of methoxy groups -OCH3 is 1. The lowest BCUT2D eigenvalue weighted by Crippen LogP contribution is -2.49. The zero-order chi connectivity index (χ0) is 58.4. The van der Waals surface area contributed by atoms with Crippen molar-refractivity contribution in [2.24, 2.45) is 0 Å². The molecule has 0 bridgehead atoms. The van der Waals surface area contributed by atoms with Gasteiger partial charge in [0.25, 0.3) is 23.5 Å². The second-order valence-corrected chi connectivity index (χ2v) is 21.4. The molecule has 3 rings (SSSR count). The number of likely N-dealkylation sites (N-methyl/N-ethyl adjacent to an activating group) is 1. The van der Waals surface area contributed by atoms with Gasteiger partial charge >= 0.3 is 0 Å². The first-order chi connectivity index (χ1) is 36.0. The summed E-state index contributed by atoms with van der Waals surface area (Å²) in [6, 6.07) is -4.33. The molecule has 9 N–H and O–H groups in total. The van der Waals surface area contributed by atoms with E-state index < -0.39 is 134 Å². The zero-order valence-corrected chi connectivity index (χ0v) is 45.5. The van der Waals surface area contributed by atoms with Crippen molar-refractivity contribution in [1.82, 2.24) is 30.7 Å². The van der Waals surface area contributed by atoms with Crippen LogP contribution in [-0.2, 0) is 74.2 Å². The molecule has 0 aromatic heterocycles. The van der Waals surface area contributed by atoms with Gasteiger partial charge in [-0.25, -0.2) is 0 Å². The summed E-state index contributed by atoms with van der Waals surface area (Å²) in [7, 11) is 21.3. The second kappa shape index (κ2) is 35.0. The van der Waals surface area contributed by atoms with Crippen LogP contribution in [0.5, 0.6) is 0 Å². The number of rotatable bonds is 36. The third-order valence-electron chi connectivity index (χ3n) is 11.3. The Kier molecular flexibility index (Phi) is 32.7. The number of phosphoric acid groups is 3. The number of nitrogens with one attached hydrogen (secondary N) is 3. The van der Waals surface area contributed by atoms with Crippen LogP contribution in [0.15, 0.2) is 0 Å². The smallest absolute Gasteiger partial charge is 0.268 e. The van der Waals surface area contributed by atoms with Crippen LogP contribution in [0.1, 0.15) is 6.92 Å². The molecule has 430 valence electrons.